The van der Waals surface area contributed by atoms with Crippen molar-refractivity contribution in [2.75, 3.05) is 19.7 Å². The topological polar surface area (TPSA) is 76.4 Å². The summed E-state index contributed by atoms with van der Waals surface area (Å²) in [6.45, 7) is 1.60. The number of carbonyl (C=O) groups is 1. The molecular formula is C21H21F2N3O3. The molecule has 2 aromatic heterocycles. The lowest BCUT2D eigenvalue weighted by atomic mass is 10.1. The second kappa shape index (κ2) is 7.79. The van der Waals surface area contributed by atoms with Crippen molar-refractivity contribution in [3.8, 4) is 5.88 Å². The van der Waals surface area contributed by atoms with Crippen LogP contribution in [0.15, 0.2) is 47.0 Å². The molecule has 0 saturated carbocycles. The molecule has 1 amide bonds. The highest BCUT2D eigenvalue weighted by molar-refractivity contribution is 6.07. The zero-order valence-electron chi connectivity index (χ0n) is 15.9. The molecule has 6 nitrogen and oxygen atoms in total. The lowest BCUT2D eigenvalue weighted by molar-refractivity contribution is -0.00247. The molecule has 152 valence electrons. The van der Waals surface area contributed by atoms with Gasteiger partial charge in [0.05, 0.1) is 24.9 Å². The fourth-order valence-corrected chi connectivity index (χ4v) is 3.43. The number of hydrogen-bond acceptors (Lipinski definition) is 5. The zero-order chi connectivity index (χ0) is 20.4. The van der Waals surface area contributed by atoms with Gasteiger partial charge in [0, 0.05) is 24.4 Å². The number of ether oxygens (including phenoxy) is 1. The van der Waals surface area contributed by atoms with Crippen molar-refractivity contribution < 1.29 is 22.7 Å². The van der Waals surface area contributed by atoms with Gasteiger partial charge in [0.2, 0.25) is 5.88 Å². The summed E-state index contributed by atoms with van der Waals surface area (Å²) in [5, 5.41) is 5.49. The Balaban J connectivity index is 1.51. The van der Waals surface area contributed by atoms with E-state index < -0.39 is 24.4 Å². The van der Waals surface area contributed by atoms with Crippen molar-refractivity contribution in [1.29, 1.82) is 0 Å². The first-order valence-electron chi connectivity index (χ1n) is 9.39. The molecule has 1 fully saturated rings. The number of halogens is 2. The van der Waals surface area contributed by atoms with Crippen molar-refractivity contribution in [3.05, 3.63) is 59.5 Å². The van der Waals surface area contributed by atoms with Gasteiger partial charge in [-0.3, -0.25) is 4.79 Å². The van der Waals surface area contributed by atoms with E-state index in [1.807, 2.05) is 30.3 Å². The van der Waals surface area contributed by atoms with Crippen molar-refractivity contribution in [2.24, 2.45) is 0 Å². The van der Waals surface area contributed by atoms with E-state index in [4.69, 9.17) is 9.15 Å². The number of alkyl halides is 2. The maximum absolute atomic E-state index is 13.8. The van der Waals surface area contributed by atoms with E-state index in [0.717, 1.165) is 5.56 Å². The third-order valence-electron chi connectivity index (χ3n) is 4.96. The summed E-state index contributed by atoms with van der Waals surface area (Å²) in [5.74, 6) is -2.90. The van der Waals surface area contributed by atoms with E-state index in [1.54, 1.807) is 13.0 Å². The minimum atomic E-state index is -2.99. The first-order valence-corrected chi connectivity index (χ1v) is 9.39. The average Bonchev–Trinajstić information content (AvgIpc) is 3.20. The molecule has 1 atom stereocenters. The number of nitrogens with one attached hydrogen (secondary N) is 2. The number of rotatable bonds is 6. The summed E-state index contributed by atoms with van der Waals surface area (Å²) in [6, 6.07) is 10.2. The Morgan fingerprint density at radius 1 is 1.38 bits per heavy atom. The number of carbonyl (C=O) groups excluding carboxylic acids is 1. The van der Waals surface area contributed by atoms with Crippen molar-refractivity contribution in [3.63, 3.8) is 0 Å². The van der Waals surface area contributed by atoms with Gasteiger partial charge in [-0.2, -0.15) is 0 Å². The fraction of sp³-hybridized carbons (Fsp3) is 0.333. The molecule has 3 heterocycles. The van der Waals surface area contributed by atoms with Crippen LogP contribution in [0.1, 0.15) is 21.7 Å². The van der Waals surface area contributed by atoms with Gasteiger partial charge >= 0.3 is 0 Å². The Kier molecular flexibility index (Phi) is 5.19. The van der Waals surface area contributed by atoms with Crippen LogP contribution in [-0.2, 0) is 6.42 Å². The maximum atomic E-state index is 13.8. The predicted octanol–water partition coefficient (Wildman–Crippen LogP) is 3.09. The van der Waals surface area contributed by atoms with Gasteiger partial charge < -0.3 is 19.8 Å². The van der Waals surface area contributed by atoms with Gasteiger partial charge in [-0.25, -0.2) is 13.8 Å². The lowest BCUT2D eigenvalue weighted by Crippen LogP contribution is -2.46. The number of hydrogen-bond donors (Lipinski definition) is 2. The Morgan fingerprint density at radius 3 is 2.90 bits per heavy atom. The van der Waals surface area contributed by atoms with Crippen LogP contribution in [0.25, 0.3) is 11.0 Å². The average molecular weight is 401 g/mol. The first kappa shape index (κ1) is 19.3. The smallest absolute Gasteiger partial charge is 0.281 e. The van der Waals surface area contributed by atoms with Crippen molar-refractivity contribution >= 4 is 16.9 Å². The molecule has 4 rings (SSSR count). The van der Waals surface area contributed by atoms with E-state index >= 15 is 0 Å². The number of pyridine rings is 1. The minimum Gasteiger partial charge on any atom is -0.477 e. The number of aryl methyl sites for hydroxylation is 1. The van der Waals surface area contributed by atoms with Crippen LogP contribution < -0.4 is 15.4 Å². The highest BCUT2D eigenvalue weighted by atomic mass is 19.3. The molecule has 3 aromatic rings. The summed E-state index contributed by atoms with van der Waals surface area (Å²) in [6.07, 6.45) is 2.19. The van der Waals surface area contributed by atoms with Crippen LogP contribution in [0, 0.1) is 6.92 Å². The molecule has 0 radical (unpaired) electrons. The van der Waals surface area contributed by atoms with Crippen LogP contribution in [-0.4, -0.2) is 42.6 Å². The minimum absolute atomic E-state index is 0.0168. The van der Waals surface area contributed by atoms with Crippen LogP contribution in [0.5, 0.6) is 5.88 Å². The number of nitrogens with zero attached hydrogens (tertiary/aromatic N) is 1. The molecule has 0 spiro atoms. The van der Waals surface area contributed by atoms with Gasteiger partial charge in [-0.05, 0) is 12.5 Å². The van der Waals surface area contributed by atoms with E-state index in [0.29, 0.717) is 35.6 Å². The molecule has 1 unspecified atom stereocenters. The number of aromatic nitrogens is 1. The van der Waals surface area contributed by atoms with Crippen LogP contribution >= 0.6 is 0 Å². The molecule has 0 aliphatic carbocycles. The Bertz CT molecular complexity index is 1020. The fourth-order valence-electron chi connectivity index (χ4n) is 3.43. The number of benzene rings is 1. The van der Waals surface area contributed by atoms with Crippen LogP contribution in [0.4, 0.5) is 8.78 Å². The van der Waals surface area contributed by atoms with Crippen LogP contribution in [0.2, 0.25) is 0 Å². The molecule has 0 bridgehead atoms. The molecule has 2 N–H and O–H groups in total. The number of furan rings is 1. The zero-order valence-corrected chi connectivity index (χ0v) is 15.9. The van der Waals surface area contributed by atoms with Crippen LogP contribution in [0.3, 0.4) is 0 Å². The lowest BCUT2D eigenvalue weighted by Gasteiger charge is -2.19. The highest BCUT2D eigenvalue weighted by Gasteiger charge is 2.45. The number of amides is 1. The molecule has 1 aliphatic heterocycles. The molecule has 1 aromatic carbocycles. The second-order valence-corrected chi connectivity index (χ2v) is 7.05. The quantitative estimate of drug-likeness (QED) is 0.664. The first-order chi connectivity index (χ1) is 13.9. The third kappa shape index (κ3) is 4.07. The second-order valence-electron chi connectivity index (χ2n) is 7.05. The summed E-state index contributed by atoms with van der Waals surface area (Å²) >= 11 is 0. The van der Waals surface area contributed by atoms with Gasteiger partial charge in [0.25, 0.3) is 11.8 Å². The summed E-state index contributed by atoms with van der Waals surface area (Å²) < 4.78 is 39.0. The van der Waals surface area contributed by atoms with E-state index in [2.05, 4.69) is 15.6 Å². The van der Waals surface area contributed by atoms with Crippen molar-refractivity contribution in [2.45, 2.75) is 25.3 Å². The standard InChI is InChI=1S/C21H21F2N3O3/c1-13-19(20(27)26-17-11-24-12-21(17,22)23)15-9-18(25-10-16(15)29-13)28-8-7-14-5-3-2-4-6-14/h2-6,9-10,17,24H,7-8,11-12H2,1H3,(H,26,27). The normalized spacial score (nSPS) is 18.1. The Hall–Kier alpha value is -3.00. The van der Waals surface area contributed by atoms with E-state index in [9.17, 15) is 13.6 Å². The predicted molar refractivity (Wildman–Crippen MR) is 103 cm³/mol. The van der Waals surface area contributed by atoms with E-state index in [-0.39, 0.29) is 12.1 Å². The maximum Gasteiger partial charge on any atom is 0.281 e. The summed E-state index contributed by atoms with van der Waals surface area (Å²) in [5.41, 5.74) is 1.76. The summed E-state index contributed by atoms with van der Waals surface area (Å²) in [7, 11) is 0. The largest absolute Gasteiger partial charge is 0.477 e. The Morgan fingerprint density at radius 2 is 2.17 bits per heavy atom. The van der Waals surface area contributed by atoms with Gasteiger partial charge in [-0.15, -0.1) is 0 Å². The molecule has 29 heavy (non-hydrogen) atoms. The van der Waals surface area contributed by atoms with Gasteiger partial charge in [-0.1, -0.05) is 30.3 Å². The Labute approximate surface area is 166 Å². The van der Waals surface area contributed by atoms with E-state index in [1.165, 1.54) is 6.20 Å². The van der Waals surface area contributed by atoms with Gasteiger partial charge in [0.1, 0.15) is 11.8 Å². The SMILES string of the molecule is Cc1oc2cnc(OCCc3ccccc3)cc2c1C(=O)NC1CNCC1(F)F. The highest BCUT2D eigenvalue weighted by Crippen LogP contribution is 2.29. The number of fused-ring (bicyclic) bond motifs is 1. The monoisotopic (exact) mass is 401 g/mol. The van der Waals surface area contributed by atoms with Gasteiger partial charge in [0.15, 0.2) is 5.58 Å². The van der Waals surface area contributed by atoms with Crippen molar-refractivity contribution in [1.82, 2.24) is 15.6 Å². The molecule has 1 aliphatic rings. The summed E-state index contributed by atoms with van der Waals surface area (Å²) in [4.78, 5) is 16.9. The molecular weight excluding hydrogens is 380 g/mol. The molecule has 1 saturated heterocycles. The third-order valence-corrected chi connectivity index (χ3v) is 4.96. The molecule has 8 heteroatoms.